The van der Waals surface area contributed by atoms with Gasteiger partial charge in [-0.25, -0.2) is 0 Å². The molecule has 0 unspecified atom stereocenters. The predicted octanol–water partition coefficient (Wildman–Crippen LogP) is 2.40. The summed E-state index contributed by atoms with van der Waals surface area (Å²) in [6.45, 7) is 2.54. The summed E-state index contributed by atoms with van der Waals surface area (Å²) in [5.41, 5.74) is 2.35. The van der Waals surface area contributed by atoms with Gasteiger partial charge in [0.2, 0.25) is 0 Å². The summed E-state index contributed by atoms with van der Waals surface area (Å²) in [5.74, 6) is 1.83. The number of benzene rings is 1. The Bertz CT molecular complexity index is 759. The Kier molecular flexibility index (Phi) is 3.83. The van der Waals surface area contributed by atoms with Crippen molar-refractivity contribution < 1.29 is 4.74 Å². The minimum atomic E-state index is 0.373. The quantitative estimate of drug-likeness (QED) is 0.729. The smallest absolute Gasteiger partial charge is 0.199 e. The van der Waals surface area contributed by atoms with E-state index in [1.807, 2.05) is 25.1 Å². The van der Waals surface area contributed by atoms with Crippen molar-refractivity contribution in [3.05, 3.63) is 36.2 Å². The number of fused-ring (bicyclic) bond motifs is 1. The van der Waals surface area contributed by atoms with E-state index in [4.69, 9.17) is 16.3 Å². The summed E-state index contributed by atoms with van der Waals surface area (Å²) in [7, 11) is 0. The number of nitrogens with one attached hydrogen (secondary N) is 1. The molecule has 0 spiro atoms. The highest BCUT2D eigenvalue weighted by atomic mass is 35.5. The fourth-order valence-electron chi connectivity index (χ4n) is 1.97. The standard InChI is InChI=1S/C13H13ClN6O/c1-2-21-11-4-3-10(5-9(11)6-14)16-12-7-15-8-13-17-18-19-20(12)13/h3-5,7-8,16H,2,6H2,1H3. The zero-order valence-corrected chi connectivity index (χ0v) is 12.1. The van der Waals surface area contributed by atoms with E-state index in [0.29, 0.717) is 24.0 Å². The first-order chi connectivity index (χ1) is 10.3. The molecule has 0 aliphatic heterocycles. The first-order valence-electron chi connectivity index (χ1n) is 6.42. The molecular formula is C13H13ClN6O. The first-order valence-corrected chi connectivity index (χ1v) is 6.96. The Balaban J connectivity index is 1.92. The van der Waals surface area contributed by atoms with Crippen LogP contribution in [0, 0.1) is 0 Å². The lowest BCUT2D eigenvalue weighted by Gasteiger charge is -2.12. The van der Waals surface area contributed by atoms with Gasteiger partial charge in [0.15, 0.2) is 11.5 Å². The fourth-order valence-corrected chi connectivity index (χ4v) is 2.18. The van der Waals surface area contributed by atoms with Crippen LogP contribution < -0.4 is 10.1 Å². The summed E-state index contributed by atoms with van der Waals surface area (Å²) in [5, 5.41) is 14.6. The number of hydrogen-bond donors (Lipinski definition) is 1. The molecule has 3 rings (SSSR count). The molecule has 0 aliphatic carbocycles. The number of aromatic nitrogens is 5. The van der Waals surface area contributed by atoms with Crippen molar-refractivity contribution in [3.63, 3.8) is 0 Å². The van der Waals surface area contributed by atoms with Crippen LogP contribution in [0.3, 0.4) is 0 Å². The van der Waals surface area contributed by atoms with E-state index < -0.39 is 0 Å². The molecular weight excluding hydrogens is 292 g/mol. The van der Waals surface area contributed by atoms with Crippen LogP contribution in [-0.4, -0.2) is 31.6 Å². The Morgan fingerprint density at radius 1 is 1.33 bits per heavy atom. The molecule has 7 nitrogen and oxygen atoms in total. The van der Waals surface area contributed by atoms with Crippen molar-refractivity contribution in [1.82, 2.24) is 25.0 Å². The van der Waals surface area contributed by atoms with Crippen LogP contribution in [0.1, 0.15) is 12.5 Å². The van der Waals surface area contributed by atoms with E-state index in [1.165, 1.54) is 0 Å². The van der Waals surface area contributed by atoms with Gasteiger partial charge in [0, 0.05) is 11.3 Å². The Labute approximate surface area is 125 Å². The van der Waals surface area contributed by atoms with Gasteiger partial charge in [-0.1, -0.05) is 0 Å². The van der Waals surface area contributed by atoms with Crippen molar-refractivity contribution in [2.75, 3.05) is 11.9 Å². The Morgan fingerprint density at radius 3 is 3.05 bits per heavy atom. The summed E-state index contributed by atoms with van der Waals surface area (Å²) < 4.78 is 7.10. The third kappa shape index (κ3) is 2.73. The van der Waals surface area contributed by atoms with Crippen LogP contribution >= 0.6 is 11.6 Å². The van der Waals surface area contributed by atoms with Crippen molar-refractivity contribution in [2.24, 2.45) is 0 Å². The molecule has 0 radical (unpaired) electrons. The molecule has 0 fully saturated rings. The average molecular weight is 305 g/mol. The zero-order chi connectivity index (χ0) is 14.7. The molecule has 0 atom stereocenters. The second kappa shape index (κ2) is 5.92. The minimum Gasteiger partial charge on any atom is -0.494 e. The lowest BCUT2D eigenvalue weighted by atomic mass is 10.2. The molecule has 1 aromatic carbocycles. The molecule has 8 heteroatoms. The third-order valence-corrected chi connectivity index (χ3v) is 3.17. The number of nitrogens with zero attached hydrogens (tertiary/aromatic N) is 5. The van der Waals surface area contributed by atoms with E-state index in [0.717, 1.165) is 17.0 Å². The molecule has 2 heterocycles. The minimum absolute atomic E-state index is 0.373. The van der Waals surface area contributed by atoms with E-state index in [-0.39, 0.29) is 0 Å². The van der Waals surface area contributed by atoms with Crippen molar-refractivity contribution in [2.45, 2.75) is 12.8 Å². The highest BCUT2D eigenvalue weighted by Gasteiger charge is 2.07. The number of rotatable bonds is 5. The van der Waals surface area contributed by atoms with Crippen LogP contribution in [0.4, 0.5) is 11.5 Å². The second-order valence-electron chi connectivity index (χ2n) is 4.26. The van der Waals surface area contributed by atoms with Gasteiger partial charge in [0.05, 0.1) is 24.9 Å². The Hall–Kier alpha value is -2.41. The largest absolute Gasteiger partial charge is 0.494 e. The molecule has 3 aromatic rings. The van der Waals surface area contributed by atoms with Gasteiger partial charge in [0.25, 0.3) is 0 Å². The molecule has 0 amide bonds. The van der Waals surface area contributed by atoms with E-state index in [2.05, 4.69) is 25.8 Å². The highest BCUT2D eigenvalue weighted by Crippen LogP contribution is 2.26. The summed E-state index contributed by atoms with van der Waals surface area (Å²) in [6.07, 6.45) is 3.24. The Morgan fingerprint density at radius 2 is 2.24 bits per heavy atom. The van der Waals surface area contributed by atoms with Gasteiger partial charge in [-0.15, -0.1) is 16.7 Å². The molecule has 0 saturated heterocycles. The van der Waals surface area contributed by atoms with Gasteiger partial charge < -0.3 is 10.1 Å². The van der Waals surface area contributed by atoms with Crippen LogP contribution in [0.2, 0.25) is 0 Å². The van der Waals surface area contributed by atoms with Gasteiger partial charge in [-0.05, 0) is 35.5 Å². The van der Waals surface area contributed by atoms with Crippen LogP contribution in [0.5, 0.6) is 5.75 Å². The molecule has 1 N–H and O–H groups in total. The van der Waals surface area contributed by atoms with Crippen molar-refractivity contribution in [3.8, 4) is 5.75 Å². The number of tetrazole rings is 1. The van der Waals surface area contributed by atoms with Crippen LogP contribution in [0.25, 0.3) is 5.65 Å². The first kappa shape index (κ1) is 13.6. The average Bonchev–Trinajstić information content (AvgIpc) is 2.98. The molecule has 2 aromatic heterocycles. The summed E-state index contributed by atoms with van der Waals surface area (Å²) >= 11 is 5.96. The predicted molar refractivity (Wildman–Crippen MR) is 79.0 cm³/mol. The van der Waals surface area contributed by atoms with Gasteiger partial charge in [-0.2, -0.15) is 4.52 Å². The van der Waals surface area contributed by atoms with Crippen molar-refractivity contribution >= 4 is 28.8 Å². The second-order valence-corrected chi connectivity index (χ2v) is 4.52. The van der Waals surface area contributed by atoms with Gasteiger partial charge in [0.1, 0.15) is 5.75 Å². The number of hydrogen-bond acceptors (Lipinski definition) is 6. The maximum absolute atomic E-state index is 5.96. The molecule has 0 saturated carbocycles. The van der Waals surface area contributed by atoms with Crippen LogP contribution in [-0.2, 0) is 5.88 Å². The number of anilines is 2. The summed E-state index contributed by atoms with van der Waals surface area (Å²) in [4.78, 5) is 4.09. The molecule has 108 valence electrons. The molecule has 0 aliphatic rings. The number of halogens is 1. The number of ether oxygens (including phenoxy) is 1. The lowest BCUT2D eigenvalue weighted by molar-refractivity contribution is 0.337. The SMILES string of the molecule is CCOc1ccc(Nc2cncc3nnnn23)cc1CCl. The van der Waals surface area contributed by atoms with E-state index in [1.54, 1.807) is 16.9 Å². The monoisotopic (exact) mass is 304 g/mol. The molecule has 0 bridgehead atoms. The van der Waals surface area contributed by atoms with Crippen LogP contribution in [0.15, 0.2) is 30.6 Å². The van der Waals surface area contributed by atoms with Gasteiger partial charge >= 0.3 is 0 Å². The summed E-state index contributed by atoms with van der Waals surface area (Å²) in [6, 6.07) is 5.72. The molecule has 21 heavy (non-hydrogen) atoms. The highest BCUT2D eigenvalue weighted by molar-refractivity contribution is 6.17. The third-order valence-electron chi connectivity index (χ3n) is 2.89. The fraction of sp³-hybridized carbons (Fsp3) is 0.231. The van der Waals surface area contributed by atoms with Crippen molar-refractivity contribution in [1.29, 1.82) is 0 Å². The number of alkyl halides is 1. The zero-order valence-electron chi connectivity index (χ0n) is 11.3. The maximum atomic E-state index is 5.96. The topological polar surface area (TPSA) is 77.2 Å². The maximum Gasteiger partial charge on any atom is 0.199 e. The van der Waals surface area contributed by atoms with E-state index in [9.17, 15) is 0 Å². The normalized spacial score (nSPS) is 10.8. The van der Waals surface area contributed by atoms with E-state index >= 15 is 0 Å². The van der Waals surface area contributed by atoms with Gasteiger partial charge in [-0.3, -0.25) is 4.98 Å². The lowest BCUT2D eigenvalue weighted by Crippen LogP contribution is -2.02.